The van der Waals surface area contributed by atoms with Gasteiger partial charge in [-0.3, -0.25) is 14.2 Å². The quantitative estimate of drug-likeness (QED) is 0.676. The Bertz CT molecular complexity index is 917. The number of rotatable bonds is 2. The number of hydrogen-bond acceptors (Lipinski definition) is 3. The highest BCUT2D eigenvalue weighted by Gasteiger charge is 2.17. The third-order valence-corrected chi connectivity index (χ3v) is 5.02. The molecule has 4 rings (SSSR count). The summed E-state index contributed by atoms with van der Waals surface area (Å²) in [5.74, 6) is 0. The van der Waals surface area contributed by atoms with Crippen molar-refractivity contribution >= 4 is 10.9 Å². The van der Waals surface area contributed by atoms with Crippen LogP contribution in [0.3, 0.4) is 0 Å². The van der Waals surface area contributed by atoms with E-state index in [9.17, 15) is 4.79 Å². The van der Waals surface area contributed by atoms with E-state index in [1.54, 1.807) is 4.68 Å². The Morgan fingerprint density at radius 3 is 2.50 bits per heavy atom. The second-order valence-electron chi connectivity index (χ2n) is 6.73. The Kier molecular flexibility index (Phi) is 3.92. The van der Waals surface area contributed by atoms with E-state index < -0.39 is 0 Å². The minimum atomic E-state index is -0.0133. The zero-order chi connectivity index (χ0) is 16.5. The molecule has 1 aliphatic carbocycles. The molecule has 0 amide bonds. The normalized spacial score (nSPS) is 16.4. The van der Waals surface area contributed by atoms with Gasteiger partial charge >= 0.3 is 0 Å². The Balaban J connectivity index is 1.82. The summed E-state index contributed by atoms with van der Waals surface area (Å²) in [5.41, 5.74) is 2.98. The molecule has 2 aromatic heterocycles. The fourth-order valence-electron chi connectivity index (χ4n) is 3.72. The Morgan fingerprint density at radius 1 is 1.00 bits per heavy atom. The molecule has 0 atom stereocenters. The monoisotopic (exact) mass is 322 g/mol. The molecule has 0 spiro atoms. The van der Waals surface area contributed by atoms with Gasteiger partial charge in [0.1, 0.15) is 0 Å². The van der Waals surface area contributed by atoms with Gasteiger partial charge in [-0.2, -0.15) is 10.2 Å². The van der Waals surface area contributed by atoms with Gasteiger partial charge in [-0.25, -0.2) is 0 Å². The highest BCUT2D eigenvalue weighted by molar-refractivity contribution is 5.84. The van der Waals surface area contributed by atoms with E-state index in [0.29, 0.717) is 6.04 Å². The summed E-state index contributed by atoms with van der Waals surface area (Å²) in [4.78, 5) is 12.4. The molecule has 0 unspecified atom stereocenters. The maximum atomic E-state index is 12.4. The van der Waals surface area contributed by atoms with Crippen LogP contribution in [0, 0.1) is 0 Å². The third kappa shape index (κ3) is 2.75. The first-order valence-corrected chi connectivity index (χ1v) is 8.73. The predicted octanol–water partition coefficient (Wildman–Crippen LogP) is 3.69. The smallest absolute Gasteiger partial charge is 0.207 e. The molecule has 1 fully saturated rings. The number of benzene rings is 1. The van der Waals surface area contributed by atoms with E-state index >= 15 is 0 Å². The minimum Gasteiger partial charge on any atom is -0.287 e. The number of aromatic nitrogens is 4. The molecule has 1 aromatic carbocycles. The number of fused-ring (bicyclic) bond motifs is 1. The summed E-state index contributed by atoms with van der Waals surface area (Å²) in [6, 6.07) is 6.48. The highest BCUT2D eigenvalue weighted by Crippen LogP contribution is 2.29. The van der Waals surface area contributed by atoms with Crippen molar-refractivity contribution in [3.63, 3.8) is 0 Å². The first-order chi connectivity index (χ1) is 11.7. The molecule has 124 valence electrons. The maximum absolute atomic E-state index is 12.4. The summed E-state index contributed by atoms with van der Waals surface area (Å²) in [7, 11) is 1.90. The highest BCUT2D eigenvalue weighted by atomic mass is 16.1. The summed E-state index contributed by atoms with van der Waals surface area (Å²) >= 11 is 0. The standard InChI is InChI=1S/C19H22N4O/c1-22-13-15(11-20-22)14-8-9-18-17(10-14)19(24)12-21-23(18)16-6-4-2-3-5-7-16/h8-13,16H,2-7H2,1H3. The van der Waals surface area contributed by atoms with Crippen LogP contribution in [0.1, 0.15) is 44.6 Å². The van der Waals surface area contributed by atoms with Crippen LogP contribution in [-0.2, 0) is 7.05 Å². The van der Waals surface area contributed by atoms with Gasteiger partial charge in [0.25, 0.3) is 0 Å². The predicted molar refractivity (Wildman–Crippen MR) is 94.9 cm³/mol. The fourth-order valence-corrected chi connectivity index (χ4v) is 3.72. The van der Waals surface area contributed by atoms with Gasteiger partial charge in [0.05, 0.1) is 24.0 Å². The lowest BCUT2D eigenvalue weighted by Crippen LogP contribution is -2.17. The molecule has 0 N–H and O–H groups in total. The fraction of sp³-hybridized carbons (Fsp3) is 0.421. The minimum absolute atomic E-state index is 0.0133. The topological polar surface area (TPSA) is 52.7 Å². The van der Waals surface area contributed by atoms with Crippen LogP contribution < -0.4 is 5.43 Å². The number of aryl methyl sites for hydroxylation is 1. The summed E-state index contributed by atoms with van der Waals surface area (Å²) < 4.78 is 3.85. The zero-order valence-corrected chi connectivity index (χ0v) is 14.0. The van der Waals surface area contributed by atoms with Crippen LogP contribution >= 0.6 is 0 Å². The summed E-state index contributed by atoms with van der Waals surface area (Å²) in [5, 5.41) is 9.43. The number of nitrogens with zero attached hydrogens (tertiary/aromatic N) is 4. The van der Waals surface area contributed by atoms with Gasteiger partial charge in [0, 0.05) is 24.2 Å². The van der Waals surface area contributed by atoms with E-state index in [0.717, 1.165) is 34.9 Å². The molecule has 3 aromatic rings. The Labute approximate surface area is 140 Å². The lowest BCUT2D eigenvalue weighted by Gasteiger charge is -2.19. The van der Waals surface area contributed by atoms with E-state index in [1.807, 2.05) is 31.6 Å². The van der Waals surface area contributed by atoms with Crippen LogP contribution in [0.25, 0.3) is 22.0 Å². The Hall–Kier alpha value is -2.43. The molecule has 1 aliphatic rings. The molecule has 0 bridgehead atoms. The second kappa shape index (κ2) is 6.23. The van der Waals surface area contributed by atoms with E-state index in [2.05, 4.69) is 20.9 Å². The van der Waals surface area contributed by atoms with Crippen LogP contribution in [0.4, 0.5) is 0 Å². The van der Waals surface area contributed by atoms with Crippen molar-refractivity contribution in [1.29, 1.82) is 0 Å². The molecular formula is C19H22N4O. The van der Waals surface area contributed by atoms with Crippen LogP contribution in [-0.4, -0.2) is 19.6 Å². The maximum Gasteiger partial charge on any atom is 0.207 e. The lowest BCUT2D eigenvalue weighted by molar-refractivity contribution is 0.412. The van der Waals surface area contributed by atoms with Gasteiger partial charge in [-0.1, -0.05) is 31.7 Å². The largest absolute Gasteiger partial charge is 0.287 e. The Morgan fingerprint density at radius 2 is 1.79 bits per heavy atom. The van der Waals surface area contributed by atoms with Crippen molar-refractivity contribution in [3.05, 3.63) is 47.0 Å². The molecular weight excluding hydrogens is 300 g/mol. The molecule has 5 heteroatoms. The van der Waals surface area contributed by atoms with Crippen molar-refractivity contribution in [1.82, 2.24) is 19.6 Å². The molecule has 2 heterocycles. The van der Waals surface area contributed by atoms with Crippen molar-refractivity contribution < 1.29 is 0 Å². The third-order valence-electron chi connectivity index (χ3n) is 5.02. The van der Waals surface area contributed by atoms with Gasteiger partial charge < -0.3 is 0 Å². The summed E-state index contributed by atoms with van der Waals surface area (Å²) in [6.45, 7) is 0. The van der Waals surface area contributed by atoms with Gasteiger partial charge in [0.2, 0.25) is 5.43 Å². The summed E-state index contributed by atoms with van der Waals surface area (Å²) in [6.07, 6.45) is 12.7. The van der Waals surface area contributed by atoms with E-state index in [1.165, 1.54) is 31.9 Å². The molecule has 0 aliphatic heterocycles. The number of hydrogen-bond donors (Lipinski definition) is 0. The average molecular weight is 322 g/mol. The van der Waals surface area contributed by atoms with Gasteiger partial charge in [-0.05, 0) is 30.5 Å². The van der Waals surface area contributed by atoms with Crippen molar-refractivity contribution in [3.8, 4) is 11.1 Å². The molecule has 0 radical (unpaired) electrons. The van der Waals surface area contributed by atoms with Gasteiger partial charge in [0.15, 0.2) is 0 Å². The first-order valence-electron chi connectivity index (χ1n) is 8.73. The van der Waals surface area contributed by atoms with Crippen molar-refractivity contribution in [2.75, 3.05) is 0 Å². The van der Waals surface area contributed by atoms with Crippen LogP contribution in [0.2, 0.25) is 0 Å². The van der Waals surface area contributed by atoms with Gasteiger partial charge in [-0.15, -0.1) is 0 Å². The van der Waals surface area contributed by atoms with Crippen LogP contribution in [0.15, 0.2) is 41.6 Å². The zero-order valence-electron chi connectivity index (χ0n) is 14.0. The molecule has 24 heavy (non-hydrogen) atoms. The molecule has 0 saturated heterocycles. The average Bonchev–Trinajstić information content (AvgIpc) is 2.86. The van der Waals surface area contributed by atoms with E-state index in [4.69, 9.17) is 0 Å². The van der Waals surface area contributed by atoms with Crippen LogP contribution in [0.5, 0.6) is 0 Å². The van der Waals surface area contributed by atoms with E-state index in [-0.39, 0.29) is 5.43 Å². The molecule has 5 nitrogen and oxygen atoms in total. The SMILES string of the molecule is Cn1cc(-c2ccc3c(c2)c(=O)cnn3C2CCCCCC2)cn1. The first kappa shape index (κ1) is 15.1. The lowest BCUT2D eigenvalue weighted by atomic mass is 10.0. The van der Waals surface area contributed by atoms with Crippen molar-refractivity contribution in [2.45, 2.75) is 44.6 Å². The second-order valence-corrected chi connectivity index (χ2v) is 6.73. The molecule has 1 saturated carbocycles. The van der Waals surface area contributed by atoms with Crippen molar-refractivity contribution in [2.24, 2.45) is 7.05 Å².